The van der Waals surface area contributed by atoms with Crippen LogP contribution in [0.25, 0.3) is 10.9 Å². The number of aromatic nitrogens is 1. The van der Waals surface area contributed by atoms with E-state index in [0.717, 1.165) is 43.3 Å². The van der Waals surface area contributed by atoms with E-state index in [2.05, 4.69) is 4.98 Å². The van der Waals surface area contributed by atoms with Gasteiger partial charge >= 0.3 is 0 Å². The van der Waals surface area contributed by atoms with Crippen molar-refractivity contribution in [2.24, 2.45) is 5.92 Å². The number of nitrogen functional groups attached to an aromatic ring is 1. The van der Waals surface area contributed by atoms with Gasteiger partial charge < -0.3 is 20.7 Å². The van der Waals surface area contributed by atoms with Gasteiger partial charge in [0.05, 0.1) is 11.2 Å². The highest BCUT2D eigenvalue weighted by molar-refractivity contribution is 6.00. The Hall–Kier alpha value is -2.01. The molecule has 1 aliphatic heterocycles. The zero-order chi connectivity index (χ0) is 14.8. The van der Waals surface area contributed by atoms with Gasteiger partial charge in [0, 0.05) is 25.1 Å². The lowest BCUT2D eigenvalue weighted by Crippen LogP contribution is -2.40. The molecular formula is C16H21N3O2. The van der Waals surface area contributed by atoms with Gasteiger partial charge in [0.15, 0.2) is 0 Å². The molecule has 1 aromatic heterocycles. The third kappa shape index (κ3) is 2.74. The van der Waals surface area contributed by atoms with Gasteiger partial charge in [-0.3, -0.25) is 4.79 Å². The van der Waals surface area contributed by atoms with Crippen LogP contribution >= 0.6 is 0 Å². The summed E-state index contributed by atoms with van der Waals surface area (Å²) in [7, 11) is 0. The molecule has 0 saturated carbocycles. The third-order valence-corrected chi connectivity index (χ3v) is 4.26. The lowest BCUT2D eigenvalue weighted by molar-refractivity contribution is 0.0649. The van der Waals surface area contributed by atoms with Crippen molar-refractivity contribution in [1.82, 2.24) is 9.88 Å². The molecule has 0 aliphatic carbocycles. The number of aromatic amines is 1. The average molecular weight is 287 g/mol. The number of fused-ring (bicyclic) bond motifs is 1. The standard InChI is InChI=1S/C16H21N3O2/c17-13-5-1-4-12-9-14(18-15(12)13)16(21)19-7-2-3-11(10-19)6-8-20/h1,4-5,9,11,18,20H,2-3,6-8,10,17H2. The third-order valence-electron chi connectivity index (χ3n) is 4.26. The summed E-state index contributed by atoms with van der Waals surface area (Å²) in [5.41, 5.74) is 8.00. The summed E-state index contributed by atoms with van der Waals surface area (Å²) < 4.78 is 0. The van der Waals surface area contributed by atoms with Crippen molar-refractivity contribution >= 4 is 22.5 Å². The van der Waals surface area contributed by atoms with Crippen LogP contribution in [0.2, 0.25) is 0 Å². The highest BCUT2D eigenvalue weighted by Crippen LogP contribution is 2.24. The molecule has 1 atom stereocenters. The second-order valence-electron chi connectivity index (χ2n) is 5.77. The fourth-order valence-electron chi connectivity index (χ4n) is 3.13. The normalized spacial score (nSPS) is 19.1. The van der Waals surface area contributed by atoms with Crippen molar-refractivity contribution in [2.45, 2.75) is 19.3 Å². The monoisotopic (exact) mass is 287 g/mol. The predicted molar refractivity (Wildman–Crippen MR) is 83.0 cm³/mol. The van der Waals surface area contributed by atoms with Crippen LogP contribution in [-0.4, -0.2) is 40.6 Å². The van der Waals surface area contributed by atoms with Crippen molar-refractivity contribution in [1.29, 1.82) is 0 Å². The number of nitrogens with one attached hydrogen (secondary N) is 1. The Labute approximate surface area is 123 Å². The molecule has 5 heteroatoms. The minimum absolute atomic E-state index is 0.0215. The number of likely N-dealkylation sites (tertiary alicyclic amines) is 1. The molecule has 3 rings (SSSR count). The Morgan fingerprint density at radius 1 is 1.48 bits per heavy atom. The number of hydrogen-bond donors (Lipinski definition) is 3. The number of nitrogens with two attached hydrogens (primary N) is 1. The van der Waals surface area contributed by atoms with E-state index < -0.39 is 0 Å². The molecule has 1 unspecified atom stereocenters. The predicted octanol–water partition coefficient (Wildman–Crippen LogP) is 1.98. The van der Waals surface area contributed by atoms with Crippen LogP contribution in [0.5, 0.6) is 0 Å². The van der Waals surface area contributed by atoms with Gasteiger partial charge in [-0.15, -0.1) is 0 Å². The molecule has 1 aromatic carbocycles. The molecule has 2 heterocycles. The maximum atomic E-state index is 12.6. The van der Waals surface area contributed by atoms with E-state index in [9.17, 15) is 4.79 Å². The van der Waals surface area contributed by atoms with Gasteiger partial charge in [0.1, 0.15) is 5.69 Å². The average Bonchev–Trinajstić information content (AvgIpc) is 2.93. The molecule has 5 nitrogen and oxygen atoms in total. The maximum Gasteiger partial charge on any atom is 0.270 e. The highest BCUT2D eigenvalue weighted by atomic mass is 16.3. The maximum absolute atomic E-state index is 12.6. The molecule has 4 N–H and O–H groups in total. The number of piperidine rings is 1. The molecule has 0 bridgehead atoms. The fraction of sp³-hybridized carbons (Fsp3) is 0.438. The topological polar surface area (TPSA) is 82.3 Å². The number of aliphatic hydroxyl groups excluding tert-OH is 1. The van der Waals surface area contributed by atoms with E-state index in [1.165, 1.54) is 0 Å². The van der Waals surface area contributed by atoms with Crippen molar-refractivity contribution < 1.29 is 9.90 Å². The molecule has 1 aliphatic rings. The summed E-state index contributed by atoms with van der Waals surface area (Å²) in [6.07, 6.45) is 2.85. The van der Waals surface area contributed by atoms with Crippen LogP contribution in [0.4, 0.5) is 5.69 Å². The molecule has 112 valence electrons. The van der Waals surface area contributed by atoms with Crippen LogP contribution in [0.1, 0.15) is 29.8 Å². The van der Waals surface area contributed by atoms with E-state index in [0.29, 0.717) is 17.3 Å². The zero-order valence-corrected chi connectivity index (χ0v) is 12.0. The molecule has 1 amide bonds. The number of hydrogen-bond acceptors (Lipinski definition) is 3. The van der Waals surface area contributed by atoms with E-state index in [4.69, 9.17) is 10.8 Å². The molecule has 21 heavy (non-hydrogen) atoms. The quantitative estimate of drug-likeness (QED) is 0.755. The first kappa shape index (κ1) is 13.9. The fourth-order valence-corrected chi connectivity index (χ4v) is 3.13. The number of benzene rings is 1. The van der Waals surface area contributed by atoms with Gasteiger partial charge in [-0.2, -0.15) is 0 Å². The van der Waals surface area contributed by atoms with E-state index >= 15 is 0 Å². The van der Waals surface area contributed by atoms with Gasteiger partial charge in [-0.05, 0) is 37.3 Å². The molecule has 0 spiro atoms. The van der Waals surface area contributed by atoms with Gasteiger partial charge in [0.2, 0.25) is 0 Å². The number of anilines is 1. The first-order chi connectivity index (χ1) is 10.2. The molecule has 2 aromatic rings. The Morgan fingerprint density at radius 2 is 2.33 bits per heavy atom. The Balaban J connectivity index is 1.81. The van der Waals surface area contributed by atoms with Gasteiger partial charge in [-0.25, -0.2) is 0 Å². The summed E-state index contributed by atoms with van der Waals surface area (Å²) in [6, 6.07) is 7.52. The Kier molecular flexibility index (Phi) is 3.84. The summed E-state index contributed by atoms with van der Waals surface area (Å²) in [6.45, 7) is 1.70. The second-order valence-corrected chi connectivity index (χ2v) is 5.77. The van der Waals surface area contributed by atoms with E-state index in [-0.39, 0.29) is 12.5 Å². The van der Waals surface area contributed by atoms with Gasteiger partial charge in [-0.1, -0.05) is 12.1 Å². The van der Waals surface area contributed by atoms with Crippen molar-refractivity contribution in [2.75, 3.05) is 25.4 Å². The van der Waals surface area contributed by atoms with Crippen molar-refractivity contribution in [3.05, 3.63) is 30.0 Å². The number of rotatable bonds is 3. The number of aliphatic hydroxyl groups is 1. The van der Waals surface area contributed by atoms with E-state index in [1.54, 1.807) is 0 Å². The summed E-state index contributed by atoms with van der Waals surface area (Å²) in [5.74, 6) is 0.426. The van der Waals surface area contributed by atoms with Crippen molar-refractivity contribution in [3.8, 4) is 0 Å². The SMILES string of the molecule is Nc1cccc2cc(C(=O)N3CCCC(CCO)C3)[nH]c12. The van der Waals surface area contributed by atoms with Gasteiger partial charge in [0.25, 0.3) is 5.91 Å². The Bertz CT molecular complexity index is 648. The first-order valence-electron chi connectivity index (χ1n) is 7.46. The molecule has 1 saturated heterocycles. The van der Waals surface area contributed by atoms with Crippen LogP contribution in [0.3, 0.4) is 0 Å². The van der Waals surface area contributed by atoms with Crippen LogP contribution < -0.4 is 5.73 Å². The second kappa shape index (κ2) is 5.77. The minimum atomic E-state index is 0.0215. The largest absolute Gasteiger partial charge is 0.397 e. The van der Waals surface area contributed by atoms with E-state index in [1.807, 2.05) is 29.2 Å². The summed E-state index contributed by atoms with van der Waals surface area (Å²) in [5, 5.41) is 10.0. The number of carbonyl (C=O) groups is 1. The summed E-state index contributed by atoms with van der Waals surface area (Å²) >= 11 is 0. The van der Waals surface area contributed by atoms with Crippen LogP contribution in [0.15, 0.2) is 24.3 Å². The highest BCUT2D eigenvalue weighted by Gasteiger charge is 2.25. The number of H-pyrrole nitrogens is 1. The molecular weight excluding hydrogens is 266 g/mol. The summed E-state index contributed by atoms with van der Waals surface area (Å²) in [4.78, 5) is 17.6. The number of para-hydroxylation sites is 1. The lowest BCUT2D eigenvalue weighted by Gasteiger charge is -2.32. The smallest absolute Gasteiger partial charge is 0.270 e. The number of nitrogens with zero attached hydrogens (tertiary/aromatic N) is 1. The Morgan fingerprint density at radius 3 is 3.10 bits per heavy atom. The molecule has 1 fully saturated rings. The minimum Gasteiger partial charge on any atom is -0.397 e. The lowest BCUT2D eigenvalue weighted by atomic mass is 9.95. The zero-order valence-electron chi connectivity index (χ0n) is 12.0. The van der Waals surface area contributed by atoms with Crippen LogP contribution in [0, 0.1) is 5.92 Å². The van der Waals surface area contributed by atoms with Crippen LogP contribution in [-0.2, 0) is 0 Å². The van der Waals surface area contributed by atoms with Crippen molar-refractivity contribution in [3.63, 3.8) is 0 Å². The number of amides is 1. The molecule has 0 radical (unpaired) electrons. The number of carbonyl (C=O) groups excluding carboxylic acids is 1. The first-order valence-corrected chi connectivity index (χ1v) is 7.46.